The molecule has 1 N–H and O–H groups in total. The van der Waals surface area contributed by atoms with E-state index in [2.05, 4.69) is 10.5 Å². The van der Waals surface area contributed by atoms with Gasteiger partial charge in [-0.25, -0.2) is 4.79 Å². The zero-order valence-electron chi connectivity index (χ0n) is 9.27. The quantitative estimate of drug-likeness (QED) is 0.746. The lowest BCUT2D eigenvalue weighted by molar-refractivity contribution is 0.245. The van der Waals surface area contributed by atoms with Crippen LogP contribution in [0.4, 0.5) is 10.6 Å². The Bertz CT molecular complexity index is 578. The molecule has 6 heteroatoms. The fourth-order valence-electron chi connectivity index (χ4n) is 1.94. The normalized spacial score (nSPS) is 14.3. The van der Waals surface area contributed by atoms with Crippen LogP contribution >= 0.6 is 0 Å². The summed E-state index contributed by atoms with van der Waals surface area (Å²) in [5.74, 6) is 1.21. The van der Waals surface area contributed by atoms with Crippen LogP contribution in [-0.4, -0.2) is 31.4 Å². The van der Waals surface area contributed by atoms with Crippen molar-refractivity contribution < 1.29 is 14.1 Å². The molecule has 0 unspecified atom stereocenters. The summed E-state index contributed by atoms with van der Waals surface area (Å²) >= 11 is 0. The second kappa shape index (κ2) is 3.65. The van der Waals surface area contributed by atoms with Crippen molar-refractivity contribution >= 4 is 22.8 Å². The predicted octanol–water partition coefficient (Wildman–Crippen LogP) is 1.37. The first-order chi connectivity index (χ1) is 8.31. The number of anilines is 1. The molecule has 1 aromatic carbocycles. The molecule has 0 saturated carbocycles. The third-order valence-electron chi connectivity index (χ3n) is 2.73. The third-order valence-corrected chi connectivity index (χ3v) is 2.73. The number of hydrogen-bond donors (Lipinski definition) is 1. The van der Waals surface area contributed by atoms with Gasteiger partial charge in [-0.3, -0.25) is 4.90 Å². The van der Waals surface area contributed by atoms with Gasteiger partial charge in [0.25, 0.3) is 0 Å². The zero-order chi connectivity index (χ0) is 11.8. The molecule has 88 valence electrons. The first-order valence-electron chi connectivity index (χ1n) is 5.31. The van der Waals surface area contributed by atoms with Gasteiger partial charge in [0.1, 0.15) is 17.7 Å². The summed E-state index contributed by atoms with van der Waals surface area (Å²) in [5.41, 5.74) is 0.619. The number of carbonyl (C=O) groups is 1. The van der Waals surface area contributed by atoms with Crippen molar-refractivity contribution in [1.29, 1.82) is 0 Å². The van der Waals surface area contributed by atoms with Crippen molar-refractivity contribution in [3.63, 3.8) is 0 Å². The Balaban J connectivity index is 2.22. The SMILES string of the molecule is CNC(=O)N1CCOc2cccc3onc1c23. The first kappa shape index (κ1) is 9.95. The summed E-state index contributed by atoms with van der Waals surface area (Å²) in [6.45, 7) is 0.874. The van der Waals surface area contributed by atoms with Gasteiger partial charge < -0.3 is 14.6 Å². The largest absolute Gasteiger partial charge is 0.491 e. The molecule has 0 saturated heterocycles. The van der Waals surface area contributed by atoms with E-state index in [0.29, 0.717) is 30.3 Å². The Morgan fingerprint density at radius 1 is 1.53 bits per heavy atom. The van der Waals surface area contributed by atoms with Crippen LogP contribution < -0.4 is 15.0 Å². The molecule has 0 fully saturated rings. The highest BCUT2D eigenvalue weighted by molar-refractivity contribution is 6.02. The van der Waals surface area contributed by atoms with Gasteiger partial charge in [0.2, 0.25) is 0 Å². The van der Waals surface area contributed by atoms with Crippen molar-refractivity contribution in [2.24, 2.45) is 0 Å². The van der Waals surface area contributed by atoms with E-state index >= 15 is 0 Å². The van der Waals surface area contributed by atoms with E-state index in [9.17, 15) is 4.79 Å². The zero-order valence-corrected chi connectivity index (χ0v) is 9.27. The van der Waals surface area contributed by atoms with E-state index in [1.54, 1.807) is 13.1 Å². The topological polar surface area (TPSA) is 67.6 Å². The third kappa shape index (κ3) is 1.41. The Morgan fingerprint density at radius 3 is 3.24 bits per heavy atom. The number of nitrogens with one attached hydrogen (secondary N) is 1. The second-order valence-corrected chi connectivity index (χ2v) is 3.69. The van der Waals surface area contributed by atoms with Gasteiger partial charge >= 0.3 is 6.03 Å². The minimum Gasteiger partial charge on any atom is -0.491 e. The van der Waals surface area contributed by atoms with Gasteiger partial charge in [0, 0.05) is 7.05 Å². The van der Waals surface area contributed by atoms with Crippen molar-refractivity contribution in [3.05, 3.63) is 18.2 Å². The Kier molecular flexibility index (Phi) is 2.14. The highest BCUT2D eigenvalue weighted by Crippen LogP contribution is 2.35. The number of amides is 2. The van der Waals surface area contributed by atoms with Gasteiger partial charge in [-0.1, -0.05) is 11.2 Å². The van der Waals surface area contributed by atoms with Crippen LogP contribution in [0.15, 0.2) is 22.7 Å². The number of hydrogen-bond acceptors (Lipinski definition) is 4. The fraction of sp³-hybridized carbons (Fsp3) is 0.273. The molecule has 1 aromatic heterocycles. The average Bonchev–Trinajstić information content (AvgIpc) is 2.68. The maximum Gasteiger partial charge on any atom is 0.323 e. The molecule has 17 heavy (non-hydrogen) atoms. The minimum absolute atomic E-state index is 0.222. The summed E-state index contributed by atoms with van der Waals surface area (Å²) < 4.78 is 10.8. The molecule has 1 aliphatic heterocycles. The lowest BCUT2D eigenvalue weighted by atomic mass is 10.2. The van der Waals surface area contributed by atoms with E-state index < -0.39 is 0 Å². The van der Waals surface area contributed by atoms with Crippen LogP contribution in [0.5, 0.6) is 5.75 Å². The molecular weight excluding hydrogens is 222 g/mol. The van der Waals surface area contributed by atoms with Crippen LogP contribution in [-0.2, 0) is 0 Å². The van der Waals surface area contributed by atoms with Crippen LogP contribution in [0.1, 0.15) is 0 Å². The second-order valence-electron chi connectivity index (χ2n) is 3.69. The number of benzene rings is 1. The maximum absolute atomic E-state index is 11.7. The molecule has 2 amide bonds. The molecule has 3 rings (SSSR count). The number of nitrogens with zero attached hydrogens (tertiary/aromatic N) is 2. The molecule has 0 radical (unpaired) electrons. The van der Waals surface area contributed by atoms with Crippen LogP contribution in [0.3, 0.4) is 0 Å². The van der Waals surface area contributed by atoms with Crippen LogP contribution in [0.25, 0.3) is 11.0 Å². The Labute approximate surface area is 97.1 Å². The molecule has 6 nitrogen and oxygen atoms in total. The Morgan fingerprint density at radius 2 is 2.41 bits per heavy atom. The van der Waals surface area contributed by atoms with Crippen LogP contribution in [0, 0.1) is 0 Å². The van der Waals surface area contributed by atoms with Crippen molar-refractivity contribution in [1.82, 2.24) is 10.5 Å². The average molecular weight is 233 g/mol. The predicted molar refractivity (Wildman–Crippen MR) is 61.3 cm³/mol. The molecule has 1 aliphatic rings. The fourth-order valence-corrected chi connectivity index (χ4v) is 1.94. The summed E-state index contributed by atoms with van der Waals surface area (Å²) in [6, 6.07) is 5.26. The van der Waals surface area contributed by atoms with Gasteiger partial charge in [0.05, 0.1) is 6.54 Å². The van der Waals surface area contributed by atoms with Crippen molar-refractivity contribution in [2.75, 3.05) is 25.1 Å². The number of urea groups is 1. The summed E-state index contributed by atoms with van der Waals surface area (Å²) in [7, 11) is 1.58. The number of carbonyl (C=O) groups excluding carboxylic acids is 1. The maximum atomic E-state index is 11.7. The number of ether oxygens (including phenoxy) is 1. The molecular formula is C11H11N3O3. The molecule has 2 aromatic rings. The van der Waals surface area contributed by atoms with Crippen LogP contribution in [0.2, 0.25) is 0 Å². The molecule has 0 aliphatic carbocycles. The van der Waals surface area contributed by atoms with Gasteiger partial charge in [0.15, 0.2) is 11.4 Å². The van der Waals surface area contributed by atoms with E-state index in [1.807, 2.05) is 12.1 Å². The lowest BCUT2D eigenvalue weighted by Crippen LogP contribution is -2.40. The van der Waals surface area contributed by atoms with Crippen molar-refractivity contribution in [3.8, 4) is 5.75 Å². The first-order valence-corrected chi connectivity index (χ1v) is 5.31. The number of rotatable bonds is 0. The molecule has 0 spiro atoms. The summed E-state index contributed by atoms with van der Waals surface area (Å²) in [4.78, 5) is 13.3. The van der Waals surface area contributed by atoms with E-state index in [1.165, 1.54) is 4.90 Å². The van der Waals surface area contributed by atoms with Crippen molar-refractivity contribution in [2.45, 2.75) is 0 Å². The lowest BCUT2D eigenvalue weighted by Gasteiger charge is -2.16. The van der Waals surface area contributed by atoms with Gasteiger partial charge in [-0.15, -0.1) is 0 Å². The monoisotopic (exact) mass is 233 g/mol. The summed E-state index contributed by atoms with van der Waals surface area (Å²) in [5, 5.41) is 7.27. The van der Waals surface area contributed by atoms with E-state index in [4.69, 9.17) is 9.26 Å². The van der Waals surface area contributed by atoms with E-state index in [-0.39, 0.29) is 6.03 Å². The minimum atomic E-state index is -0.222. The highest BCUT2D eigenvalue weighted by Gasteiger charge is 2.26. The summed E-state index contributed by atoms with van der Waals surface area (Å²) in [6.07, 6.45) is 0. The standard InChI is InChI=1S/C11H11N3O3/c1-12-11(15)14-5-6-16-7-3-2-4-8-9(7)10(14)13-17-8/h2-4H,5-6H2,1H3,(H,12,15). The molecule has 0 atom stereocenters. The number of aromatic nitrogens is 1. The van der Waals surface area contributed by atoms with Gasteiger partial charge in [-0.2, -0.15) is 0 Å². The molecule has 2 heterocycles. The van der Waals surface area contributed by atoms with E-state index in [0.717, 1.165) is 5.39 Å². The Hall–Kier alpha value is -2.24. The smallest absolute Gasteiger partial charge is 0.323 e. The van der Waals surface area contributed by atoms with Gasteiger partial charge in [-0.05, 0) is 12.1 Å². The molecule has 0 bridgehead atoms. The highest BCUT2D eigenvalue weighted by atomic mass is 16.5.